The third-order valence-electron chi connectivity index (χ3n) is 12.5. The summed E-state index contributed by atoms with van der Waals surface area (Å²) in [5, 5.41) is 0. The van der Waals surface area contributed by atoms with E-state index < -0.39 is 6.10 Å². The Hall–Kier alpha value is -3.93. The van der Waals surface area contributed by atoms with Gasteiger partial charge in [-0.2, -0.15) is 0 Å². The van der Waals surface area contributed by atoms with E-state index in [1.807, 2.05) is 0 Å². The Bertz CT molecular complexity index is 1470. The molecule has 1 unspecified atom stereocenters. The molecule has 0 aliphatic rings. The highest BCUT2D eigenvalue weighted by atomic mass is 16.6. The van der Waals surface area contributed by atoms with Crippen LogP contribution in [-0.4, -0.2) is 37.2 Å². The molecule has 0 rings (SSSR count). The van der Waals surface area contributed by atoms with Crippen LogP contribution in [0.25, 0.3) is 0 Å². The number of hydrogen-bond acceptors (Lipinski definition) is 6. The SMILES string of the molecule is CC/C=C\C/C=C\C/C=C\C/C=C\C/C=C\CCCCCCCCCC(=O)OCC(COC(=O)CCCCCCC/C=C\C/C=C\CCCCC)OC(=O)CCCCCCC/C=C\C/C=C\CCCCCC. The van der Waals surface area contributed by atoms with E-state index in [1.54, 1.807) is 0 Å². The summed E-state index contributed by atoms with van der Waals surface area (Å²) in [5.41, 5.74) is 0. The van der Waals surface area contributed by atoms with Crippen molar-refractivity contribution in [2.45, 2.75) is 277 Å². The molecule has 0 N–H and O–H groups in total. The van der Waals surface area contributed by atoms with Crippen molar-refractivity contribution in [2.24, 2.45) is 0 Å². The van der Waals surface area contributed by atoms with E-state index in [0.717, 1.165) is 148 Å². The van der Waals surface area contributed by atoms with Crippen LogP contribution in [0.5, 0.6) is 0 Å². The van der Waals surface area contributed by atoms with E-state index >= 15 is 0 Å². The Kier molecular flexibility index (Phi) is 56.4. The van der Waals surface area contributed by atoms with Crippen LogP contribution in [0.3, 0.4) is 0 Å². The van der Waals surface area contributed by atoms with E-state index in [2.05, 4.69) is 130 Å². The van der Waals surface area contributed by atoms with Gasteiger partial charge in [-0.15, -0.1) is 0 Å². The number of rotatable bonds is 53. The molecule has 0 aromatic heterocycles. The zero-order valence-corrected chi connectivity index (χ0v) is 46.9. The van der Waals surface area contributed by atoms with Crippen LogP contribution in [-0.2, 0) is 28.6 Å². The first kappa shape index (κ1) is 68.1. The molecular formula is C66H110O6. The lowest BCUT2D eigenvalue weighted by Crippen LogP contribution is -2.30. The zero-order valence-electron chi connectivity index (χ0n) is 46.9. The zero-order chi connectivity index (χ0) is 52.2. The van der Waals surface area contributed by atoms with Gasteiger partial charge in [0.2, 0.25) is 0 Å². The van der Waals surface area contributed by atoms with Crippen LogP contribution in [0.15, 0.2) is 109 Å². The minimum Gasteiger partial charge on any atom is -0.462 e. The summed E-state index contributed by atoms with van der Waals surface area (Å²) in [6.45, 7) is 6.46. The van der Waals surface area contributed by atoms with Crippen LogP contribution in [0.4, 0.5) is 0 Å². The standard InChI is InChI=1S/C66H110O6/c1-4-7-10-13-16-19-22-25-28-30-31-32-33-34-35-36-39-41-44-47-50-53-56-59-65(68)71-62-63(61-70-64(67)58-55-52-49-46-43-40-37-27-24-21-18-15-12-9-6-3)72-66(69)60-57-54-51-48-45-42-38-29-26-23-20-17-14-11-8-5-2/h7,10,16,18-21,23,25,27-29,31-32,34-35,37-38,63H,4-6,8-9,11-15,17,22,24,26,30,33,36,39-62H2,1-3H3/b10-7-,19-16-,21-18-,23-20-,28-25-,32-31-,35-34-,37-27-,38-29-. The second-order valence-electron chi connectivity index (χ2n) is 19.5. The second kappa shape index (κ2) is 59.6. The van der Waals surface area contributed by atoms with Crippen LogP contribution in [0.1, 0.15) is 271 Å². The molecule has 1 atom stereocenters. The van der Waals surface area contributed by atoms with Crippen molar-refractivity contribution in [3.8, 4) is 0 Å². The van der Waals surface area contributed by atoms with Crippen molar-refractivity contribution in [3.05, 3.63) is 109 Å². The molecule has 6 heteroatoms. The highest BCUT2D eigenvalue weighted by Gasteiger charge is 2.19. The molecule has 0 aromatic carbocycles. The smallest absolute Gasteiger partial charge is 0.306 e. The minimum absolute atomic E-state index is 0.0955. The third-order valence-corrected chi connectivity index (χ3v) is 12.5. The van der Waals surface area contributed by atoms with E-state index in [1.165, 1.54) is 83.5 Å². The maximum atomic E-state index is 12.9. The molecule has 0 aliphatic heterocycles. The van der Waals surface area contributed by atoms with Gasteiger partial charge in [0.15, 0.2) is 6.10 Å². The van der Waals surface area contributed by atoms with Crippen molar-refractivity contribution in [2.75, 3.05) is 13.2 Å². The Labute approximate surface area is 444 Å². The van der Waals surface area contributed by atoms with Gasteiger partial charge in [-0.25, -0.2) is 0 Å². The molecule has 6 nitrogen and oxygen atoms in total. The minimum atomic E-state index is -0.799. The van der Waals surface area contributed by atoms with Crippen molar-refractivity contribution in [3.63, 3.8) is 0 Å². The van der Waals surface area contributed by atoms with Crippen molar-refractivity contribution in [1.82, 2.24) is 0 Å². The average molecular weight is 1000 g/mol. The van der Waals surface area contributed by atoms with Gasteiger partial charge in [-0.3, -0.25) is 14.4 Å². The highest BCUT2D eigenvalue weighted by Crippen LogP contribution is 2.14. The van der Waals surface area contributed by atoms with E-state index in [4.69, 9.17) is 14.2 Å². The van der Waals surface area contributed by atoms with Crippen LogP contribution in [0.2, 0.25) is 0 Å². The number of esters is 3. The Morgan fingerprint density at radius 3 is 0.875 bits per heavy atom. The first-order valence-electron chi connectivity index (χ1n) is 29.9. The normalized spacial score (nSPS) is 12.9. The van der Waals surface area contributed by atoms with Crippen LogP contribution in [0, 0.1) is 0 Å². The number of carbonyl (C=O) groups is 3. The summed E-state index contributed by atoms with van der Waals surface area (Å²) in [4.78, 5) is 38.2. The van der Waals surface area contributed by atoms with E-state index in [0.29, 0.717) is 19.3 Å². The quantitative estimate of drug-likeness (QED) is 0.0261. The summed E-state index contributed by atoms with van der Waals surface area (Å²) >= 11 is 0. The first-order chi connectivity index (χ1) is 35.5. The van der Waals surface area contributed by atoms with Gasteiger partial charge in [-0.05, 0) is 128 Å². The molecule has 0 aliphatic carbocycles. The van der Waals surface area contributed by atoms with Crippen molar-refractivity contribution < 1.29 is 28.6 Å². The summed E-state index contributed by atoms with van der Waals surface area (Å²) in [5.74, 6) is -0.931. The number of hydrogen-bond donors (Lipinski definition) is 0. The summed E-state index contributed by atoms with van der Waals surface area (Å²) in [6, 6.07) is 0. The molecule has 0 amide bonds. The summed E-state index contributed by atoms with van der Waals surface area (Å²) < 4.78 is 16.9. The van der Waals surface area contributed by atoms with E-state index in [-0.39, 0.29) is 31.1 Å². The van der Waals surface area contributed by atoms with Crippen molar-refractivity contribution >= 4 is 17.9 Å². The monoisotopic (exact) mass is 999 g/mol. The van der Waals surface area contributed by atoms with Crippen LogP contribution < -0.4 is 0 Å². The number of unbranched alkanes of at least 4 members (excludes halogenated alkanes) is 24. The molecule has 0 saturated heterocycles. The molecule has 0 spiro atoms. The van der Waals surface area contributed by atoms with Gasteiger partial charge in [0.1, 0.15) is 13.2 Å². The van der Waals surface area contributed by atoms with Gasteiger partial charge in [0, 0.05) is 19.3 Å². The van der Waals surface area contributed by atoms with Crippen LogP contribution >= 0.6 is 0 Å². The van der Waals surface area contributed by atoms with E-state index in [9.17, 15) is 14.4 Å². The molecule has 0 fully saturated rings. The fourth-order valence-electron chi connectivity index (χ4n) is 8.00. The summed E-state index contributed by atoms with van der Waals surface area (Å²) in [7, 11) is 0. The fourth-order valence-corrected chi connectivity index (χ4v) is 8.00. The lowest BCUT2D eigenvalue weighted by atomic mass is 10.1. The Morgan fingerprint density at radius 1 is 0.292 bits per heavy atom. The van der Waals surface area contributed by atoms with Gasteiger partial charge >= 0.3 is 17.9 Å². The topological polar surface area (TPSA) is 78.9 Å². The summed E-state index contributed by atoms with van der Waals surface area (Å²) in [6.07, 6.45) is 80.7. The largest absolute Gasteiger partial charge is 0.462 e. The Balaban J connectivity index is 4.43. The van der Waals surface area contributed by atoms with Gasteiger partial charge < -0.3 is 14.2 Å². The molecule has 72 heavy (non-hydrogen) atoms. The van der Waals surface area contributed by atoms with Gasteiger partial charge in [-0.1, -0.05) is 233 Å². The lowest BCUT2D eigenvalue weighted by molar-refractivity contribution is -0.167. The number of carbonyl (C=O) groups excluding carboxylic acids is 3. The molecule has 410 valence electrons. The lowest BCUT2D eigenvalue weighted by Gasteiger charge is -2.18. The first-order valence-corrected chi connectivity index (χ1v) is 29.9. The second-order valence-corrected chi connectivity index (χ2v) is 19.5. The third kappa shape index (κ3) is 57.0. The predicted molar refractivity (Wildman–Crippen MR) is 311 cm³/mol. The van der Waals surface area contributed by atoms with Crippen molar-refractivity contribution in [1.29, 1.82) is 0 Å². The number of allylic oxidation sites excluding steroid dienone is 18. The molecule has 0 bridgehead atoms. The molecule has 0 radical (unpaired) electrons. The molecule has 0 saturated carbocycles. The average Bonchev–Trinajstić information content (AvgIpc) is 3.38. The molecular weight excluding hydrogens is 889 g/mol. The molecule has 0 aromatic rings. The molecule has 0 heterocycles. The predicted octanol–water partition coefficient (Wildman–Crippen LogP) is 20.3. The Morgan fingerprint density at radius 2 is 0.542 bits per heavy atom. The highest BCUT2D eigenvalue weighted by molar-refractivity contribution is 5.71. The fraction of sp³-hybridized carbons (Fsp3) is 0.682. The maximum absolute atomic E-state index is 12.9. The maximum Gasteiger partial charge on any atom is 0.306 e. The number of ether oxygens (including phenoxy) is 3. The van der Waals surface area contributed by atoms with Gasteiger partial charge in [0.25, 0.3) is 0 Å². The van der Waals surface area contributed by atoms with Gasteiger partial charge in [0.05, 0.1) is 0 Å².